The minimum Gasteiger partial charge on any atom is -0.328 e. The molecule has 2 nitrogen and oxygen atoms in total. The van der Waals surface area contributed by atoms with E-state index >= 15 is 0 Å². The van der Waals surface area contributed by atoms with Gasteiger partial charge in [0.25, 0.3) is 0 Å². The van der Waals surface area contributed by atoms with E-state index in [9.17, 15) is 0 Å². The van der Waals surface area contributed by atoms with E-state index in [1.165, 1.54) is 51.7 Å². The van der Waals surface area contributed by atoms with E-state index in [4.69, 9.17) is 5.73 Å². The molecule has 0 bridgehead atoms. The second-order valence-corrected chi connectivity index (χ2v) is 6.29. The summed E-state index contributed by atoms with van der Waals surface area (Å²) in [5.41, 5.74) is 5.98. The molecule has 0 spiro atoms. The summed E-state index contributed by atoms with van der Waals surface area (Å²) in [4.78, 5) is 2.66. The number of hydrogen-bond donors (Lipinski definition) is 1. The Balaban J connectivity index is 0.00000144. The van der Waals surface area contributed by atoms with Crippen LogP contribution < -0.4 is 5.73 Å². The fourth-order valence-corrected chi connectivity index (χ4v) is 3.33. The van der Waals surface area contributed by atoms with Crippen LogP contribution in [0.15, 0.2) is 0 Å². The zero-order chi connectivity index (χ0) is 11.5. The molecule has 1 aliphatic heterocycles. The van der Waals surface area contributed by atoms with Crippen molar-refractivity contribution in [3.8, 4) is 0 Å². The first-order chi connectivity index (χ1) is 7.65. The smallest absolute Gasteiger partial charge is 0.00514 e. The third-order valence-corrected chi connectivity index (χ3v) is 4.70. The maximum Gasteiger partial charge on any atom is 0.00514 e. The first-order valence-corrected chi connectivity index (χ1v) is 7.13. The Morgan fingerprint density at radius 3 is 2.35 bits per heavy atom. The Hall–Kier alpha value is 0.210. The standard InChI is InChI=1S/C14H28N2.ClH/c1-11-3-5-13(6-4-11)9-16-8-7-14(10-16)12(2)15;/h11-14H,3-10,15H2,1-2H3;1H. The highest BCUT2D eigenvalue weighted by molar-refractivity contribution is 5.85. The average molecular weight is 261 g/mol. The molecule has 0 amide bonds. The Morgan fingerprint density at radius 1 is 1.18 bits per heavy atom. The molecule has 1 aliphatic carbocycles. The van der Waals surface area contributed by atoms with Crippen LogP contribution in [-0.4, -0.2) is 30.6 Å². The molecule has 2 rings (SSSR count). The topological polar surface area (TPSA) is 29.3 Å². The van der Waals surface area contributed by atoms with Crippen molar-refractivity contribution < 1.29 is 0 Å². The van der Waals surface area contributed by atoms with Gasteiger partial charge in [0.1, 0.15) is 0 Å². The maximum atomic E-state index is 5.98. The summed E-state index contributed by atoms with van der Waals surface area (Å²) in [6.07, 6.45) is 7.15. The third-order valence-electron chi connectivity index (χ3n) is 4.70. The van der Waals surface area contributed by atoms with Crippen LogP contribution in [0.4, 0.5) is 0 Å². The summed E-state index contributed by atoms with van der Waals surface area (Å²) in [5, 5.41) is 0. The van der Waals surface area contributed by atoms with E-state index < -0.39 is 0 Å². The lowest BCUT2D eigenvalue weighted by molar-refractivity contribution is 0.204. The van der Waals surface area contributed by atoms with E-state index in [0.717, 1.165) is 17.8 Å². The number of nitrogens with two attached hydrogens (primary N) is 1. The van der Waals surface area contributed by atoms with Crippen molar-refractivity contribution in [1.82, 2.24) is 4.90 Å². The fraction of sp³-hybridized carbons (Fsp3) is 1.00. The van der Waals surface area contributed by atoms with Crippen LogP contribution in [0.25, 0.3) is 0 Å². The second-order valence-electron chi connectivity index (χ2n) is 6.29. The summed E-state index contributed by atoms with van der Waals surface area (Å²) in [6, 6.07) is 0.386. The van der Waals surface area contributed by atoms with Crippen molar-refractivity contribution in [2.75, 3.05) is 19.6 Å². The predicted octanol–water partition coefficient (Wildman–Crippen LogP) is 2.90. The number of likely N-dealkylation sites (tertiary alicyclic amines) is 1. The largest absolute Gasteiger partial charge is 0.328 e. The fourth-order valence-electron chi connectivity index (χ4n) is 3.33. The van der Waals surface area contributed by atoms with Crippen molar-refractivity contribution in [1.29, 1.82) is 0 Å². The van der Waals surface area contributed by atoms with Crippen LogP contribution in [-0.2, 0) is 0 Å². The summed E-state index contributed by atoms with van der Waals surface area (Å²) in [6.45, 7) is 8.45. The quantitative estimate of drug-likeness (QED) is 0.846. The molecular formula is C14H29ClN2. The number of nitrogens with zero attached hydrogens (tertiary/aromatic N) is 1. The molecule has 102 valence electrons. The average Bonchev–Trinajstić information content (AvgIpc) is 2.70. The molecule has 0 aromatic heterocycles. The summed E-state index contributed by atoms with van der Waals surface area (Å²) in [7, 11) is 0. The minimum atomic E-state index is 0. The highest BCUT2D eigenvalue weighted by atomic mass is 35.5. The number of halogens is 1. The molecule has 0 aromatic rings. The van der Waals surface area contributed by atoms with E-state index in [1.807, 2.05) is 0 Å². The molecule has 1 heterocycles. The van der Waals surface area contributed by atoms with Crippen molar-refractivity contribution in [2.45, 2.75) is 52.0 Å². The van der Waals surface area contributed by atoms with Gasteiger partial charge in [0.05, 0.1) is 0 Å². The SMILES string of the molecule is CC1CCC(CN2CCC(C(C)N)C2)CC1.Cl. The minimum absolute atomic E-state index is 0. The Labute approximate surface area is 113 Å². The zero-order valence-electron chi connectivity index (χ0n) is 11.4. The Kier molecular flexibility index (Phi) is 6.25. The van der Waals surface area contributed by atoms with E-state index in [0.29, 0.717) is 6.04 Å². The predicted molar refractivity (Wildman–Crippen MR) is 76.6 cm³/mol. The summed E-state index contributed by atoms with van der Waals surface area (Å²) in [5.74, 6) is 2.71. The second kappa shape index (κ2) is 6.96. The molecule has 2 atom stereocenters. The lowest BCUT2D eigenvalue weighted by Crippen LogP contribution is -2.33. The lowest BCUT2D eigenvalue weighted by atomic mass is 9.83. The number of rotatable bonds is 3. The van der Waals surface area contributed by atoms with Crippen molar-refractivity contribution in [3.63, 3.8) is 0 Å². The first-order valence-electron chi connectivity index (χ1n) is 7.13. The summed E-state index contributed by atoms with van der Waals surface area (Å²) >= 11 is 0. The van der Waals surface area contributed by atoms with Crippen LogP contribution in [0, 0.1) is 17.8 Å². The van der Waals surface area contributed by atoms with Crippen LogP contribution in [0.5, 0.6) is 0 Å². The lowest BCUT2D eigenvalue weighted by Gasteiger charge is -2.29. The van der Waals surface area contributed by atoms with Crippen molar-refractivity contribution in [2.24, 2.45) is 23.5 Å². The van der Waals surface area contributed by atoms with E-state index in [-0.39, 0.29) is 12.4 Å². The number of hydrogen-bond acceptors (Lipinski definition) is 2. The molecule has 2 aliphatic rings. The molecule has 3 heteroatoms. The molecular weight excluding hydrogens is 232 g/mol. The van der Waals surface area contributed by atoms with E-state index in [2.05, 4.69) is 18.7 Å². The normalized spacial score (nSPS) is 36.5. The van der Waals surface area contributed by atoms with Crippen molar-refractivity contribution in [3.05, 3.63) is 0 Å². The summed E-state index contributed by atoms with van der Waals surface area (Å²) < 4.78 is 0. The van der Waals surface area contributed by atoms with Crippen LogP contribution in [0.1, 0.15) is 46.0 Å². The van der Waals surface area contributed by atoms with Gasteiger partial charge in [0, 0.05) is 19.1 Å². The van der Waals surface area contributed by atoms with Gasteiger partial charge in [-0.2, -0.15) is 0 Å². The first kappa shape index (κ1) is 15.3. The molecule has 0 radical (unpaired) electrons. The van der Waals surface area contributed by atoms with E-state index in [1.54, 1.807) is 0 Å². The van der Waals surface area contributed by atoms with Gasteiger partial charge in [-0.05, 0) is 50.5 Å². The highest BCUT2D eigenvalue weighted by Gasteiger charge is 2.27. The molecule has 2 fully saturated rings. The van der Waals surface area contributed by atoms with Gasteiger partial charge in [-0.3, -0.25) is 0 Å². The zero-order valence-corrected chi connectivity index (χ0v) is 12.2. The van der Waals surface area contributed by atoms with Gasteiger partial charge in [-0.25, -0.2) is 0 Å². The van der Waals surface area contributed by atoms with Crippen molar-refractivity contribution >= 4 is 12.4 Å². The molecule has 1 saturated carbocycles. The van der Waals surface area contributed by atoms with Crippen LogP contribution in [0.2, 0.25) is 0 Å². The van der Waals surface area contributed by atoms with Crippen LogP contribution >= 0.6 is 12.4 Å². The highest BCUT2D eigenvalue weighted by Crippen LogP contribution is 2.30. The van der Waals surface area contributed by atoms with Crippen LogP contribution in [0.3, 0.4) is 0 Å². The van der Waals surface area contributed by atoms with Gasteiger partial charge in [0.15, 0.2) is 0 Å². The molecule has 2 N–H and O–H groups in total. The Morgan fingerprint density at radius 2 is 1.82 bits per heavy atom. The molecule has 2 unspecified atom stereocenters. The molecule has 0 aromatic carbocycles. The monoisotopic (exact) mass is 260 g/mol. The molecule has 17 heavy (non-hydrogen) atoms. The van der Waals surface area contributed by atoms with Gasteiger partial charge in [0.2, 0.25) is 0 Å². The third kappa shape index (κ3) is 4.42. The Bertz CT molecular complexity index is 212. The van der Waals surface area contributed by atoms with Gasteiger partial charge < -0.3 is 10.6 Å². The molecule has 1 saturated heterocycles. The maximum absolute atomic E-state index is 5.98. The van der Waals surface area contributed by atoms with Gasteiger partial charge in [-0.15, -0.1) is 12.4 Å². The van der Waals surface area contributed by atoms with Gasteiger partial charge >= 0.3 is 0 Å². The van der Waals surface area contributed by atoms with Gasteiger partial charge in [-0.1, -0.05) is 19.8 Å².